The Morgan fingerprint density at radius 2 is 2.04 bits per heavy atom. The molecule has 4 nitrogen and oxygen atoms in total. The van der Waals surface area contributed by atoms with Crippen molar-refractivity contribution in [1.82, 2.24) is 10.2 Å². The van der Waals surface area contributed by atoms with Crippen molar-refractivity contribution in [2.45, 2.75) is 32.4 Å². The van der Waals surface area contributed by atoms with Gasteiger partial charge in [-0.1, -0.05) is 36.4 Å². The van der Waals surface area contributed by atoms with E-state index in [4.69, 9.17) is 9.73 Å². The molecule has 0 amide bonds. The highest BCUT2D eigenvalue weighted by Crippen LogP contribution is 2.27. The summed E-state index contributed by atoms with van der Waals surface area (Å²) in [6.07, 6.45) is 2.06. The number of hydrogen-bond donors (Lipinski definition) is 1. The second kappa shape index (κ2) is 6.79. The third-order valence-corrected chi connectivity index (χ3v) is 5.15. The predicted molar refractivity (Wildman–Crippen MR) is 101 cm³/mol. The molecule has 2 aromatic carbocycles. The Labute approximate surface area is 149 Å². The summed E-state index contributed by atoms with van der Waals surface area (Å²) < 4.78 is 5.46. The number of methoxy groups -OCH3 is 1. The lowest BCUT2D eigenvalue weighted by Gasteiger charge is -2.31. The van der Waals surface area contributed by atoms with Gasteiger partial charge >= 0.3 is 0 Å². The van der Waals surface area contributed by atoms with Crippen LogP contribution in [0.25, 0.3) is 0 Å². The Morgan fingerprint density at radius 3 is 2.84 bits per heavy atom. The summed E-state index contributed by atoms with van der Waals surface area (Å²) in [5.74, 6) is 2.05. The normalized spacial score (nSPS) is 19.2. The summed E-state index contributed by atoms with van der Waals surface area (Å²) in [6, 6.07) is 15.5. The number of benzene rings is 2. The van der Waals surface area contributed by atoms with E-state index in [1.165, 1.54) is 22.3 Å². The van der Waals surface area contributed by atoms with E-state index in [1.807, 2.05) is 0 Å². The number of aryl methyl sites for hydroxylation is 1. The van der Waals surface area contributed by atoms with E-state index < -0.39 is 0 Å². The van der Waals surface area contributed by atoms with Gasteiger partial charge in [-0.05, 0) is 48.1 Å². The maximum atomic E-state index is 5.46. The van der Waals surface area contributed by atoms with Crippen LogP contribution >= 0.6 is 0 Å². The van der Waals surface area contributed by atoms with Crippen LogP contribution in [-0.4, -0.2) is 37.1 Å². The highest BCUT2D eigenvalue weighted by molar-refractivity contribution is 5.82. The minimum Gasteiger partial charge on any atom is -0.496 e. The minimum absolute atomic E-state index is 0.399. The molecule has 2 heterocycles. The first-order chi connectivity index (χ1) is 12.2. The third-order valence-electron chi connectivity index (χ3n) is 5.15. The van der Waals surface area contributed by atoms with Crippen LogP contribution in [0.2, 0.25) is 0 Å². The average Bonchev–Trinajstić information content (AvgIpc) is 3.10. The lowest BCUT2D eigenvalue weighted by Crippen LogP contribution is -2.45. The molecule has 130 valence electrons. The molecule has 1 atom stereocenters. The predicted octanol–water partition coefficient (Wildman–Crippen LogP) is 2.93. The Kier molecular flexibility index (Phi) is 4.35. The third kappa shape index (κ3) is 3.34. The molecule has 0 aromatic heterocycles. The van der Waals surface area contributed by atoms with Gasteiger partial charge in [0.05, 0.1) is 19.7 Å². The van der Waals surface area contributed by atoms with Crippen molar-refractivity contribution in [3.8, 4) is 5.75 Å². The Bertz CT molecular complexity index is 785. The van der Waals surface area contributed by atoms with Crippen LogP contribution in [0.1, 0.15) is 22.3 Å². The van der Waals surface area contributed by atoms with E-state index in [0.29, 0.717) is 6.04 Å². The van der Waals surface area contributed by atoms with Crippen LogP contribution in [0.5, 0.6) is 5.75 Å². The van der Waals surface area contributed by atoms with Gasteiger partial charge in [0.2, 0.25) is 0 Å². The summed E-state index contributed by atoms with van der Waals surface area (Å²) in [5.41, 5.74) is 5.35. The molecule has 0 saturated carbocycles. The molecule has 0 bridgehead atoms. The number of fused-ring (bicyclic) bond motifs is 1. The van der Waals surface area contributed by atoms with Crippen molar-refractivity contribution in [1.29, 1.82) is 0 Å². The quantitative estimate of drug-likeness (QED) is 0.937. The van der Waals surface area contributed by atoms with E-state index in [-0.39, 0.29) is 0 Å². The van der Waals surface area contributed by atoms with Gasteiger partial charge in [0.15, 0.2) is 5.96 Å². The van der Waals surface area contributed by atoms with Crippen LogP contribution in [0.15, 0.2) is 47.5 Å². The number of aliphatic imine (C=N–C) groups is 1. The highest BCUT2D eigenvalue weighted by atomic mass is 16.5. The molecule has 0 saturated heterocycles. The summed E-state index contributed by atoms with van der Waals surface area (Å²) in [4.78, 5) is 7.15. The van der Waals surface area contributed by atoms with Crippen molar-refractivity contribution in [2.75, 3.05) is 20.2 Å². The Hall–Kier alpha value is -2.49. The second-order valence-electron chi connectivity index (χ2n) is 6.96. The van der Waals surface area contributed by atoms with Gasteiger partial charge in [-0.2, -0.15) is 0 Å². The smallest absolute Gasteiger partial charge is 0.194 e. The van der Waals surface area contributed by atoms with Gasteiger partial charge < -0.3 is 15.0 Å². The topological polar surface area (TPSA) is 36.9 Å². The Balaban J connectivity index is 1.41. The Morgan fingerprint density at radius 1 is 1.20 bits per heavy atom. The fraction of sp³-hybridized carbons (Fsp3) is 0.381. The van der Waals surface area contributed by atoms with Crippen molar-refractivity contribution in [3.63, 3.8) is 0 Å². The SMILES string of the molecule is COc1cc2c(cc1C)CN(C1=NCC(Cc3ccccc3)N1)CC2. The highest BCUT2D eigenvalue weighted by Gasteiger charge is 2.25. The van der Waals surface area contributed by atoms with E-state index in [0.717, 1.165) is 44.2 Å². The number of nitrogens with one attached hydrogen (secondary N) is 1. The zero-order chi connectivity index (χ0) is 17.2. The van der Waals surface area contributed by atoms with Crippen molar-refractivity contribution in [3.05, 3.63) is 64.7 Å². The molecule has 1 N–H and O–H groups in total. The number of guanidine groups is 1. The van der Waals surface area contributed by atoms with Crippen molar-refractivity contribution < 1.29 is 4.74 Å². The fourth-order valence-corrected chi connectivity index (χ4v) is 3.79. The molecule has 0 fully saturated rings. The summed E-state index contributed by atoms with van der Waals surface area (Å²) in [5, 5.41) is 3.63. The lowest BCUT2D eigenvalue weighted by atomic mass is 9.97. The van der Waals surface area contributed by atoms with Gasteiger partial charge in [-0.15, -0.1) is 0 Å². The summed E-state index contributed by atoms with van der Waals surface area (Å²) in [7, 11) is 1.74. The molecular formula is C21H25N3O. The van der Waals surface area contributed by atoms with Gasteiger partial charge in [-0.3, -0.25) is 4.99 Å². The van der Waals surface area contributed by atoms with Crippen molar-refractivity contribution in [2.24, 2.45) is 4.99 Å². The molecule has 0 spiro atoms. The van der Waals surface area contributed by atoms with E-state index in [9.17, 15) is 0 Å². The van der Waals surface area contributed by atoms with Crippen LogP contribution in [0, 0.1) is 6.92 Å². The van der Waals surface area contributed by atoms with Gasteiger partial charge in [0, 0.05) is 13.1 Å². The standard InChI is InChI=1S/C21H25N3O/c1-15-10-18-14-24(9-8-17(18)12-20(15)25-2)21-22-13-19(23-21)11-16-6-4-3-5-7-16/h3-7,10,12,19H,8-9,11,13-14H2,1-2H3,(H,22,23). The minimum atomic E-state index is 0.399. The first kappa shape index (κ1) is 16.0. The maximum Gasteiger partial charge on any atom is 0.194 e. The molecule has 2 aliphatic rings. The van der Waals surface area contributed by atoms with Crippen LogP contribution < -0.4 is 10.1 Å². The zero-order valence-corrected chi connectivity index (χ0v) is 15.0. The van der Waals surface area contributed by atoms with Crippen LogP contribution in [0.3, 0.4) is 0 Å². The lowest BCUT2D eigenvalue weighted by molar-refractivity contribution is 0.376. The summed E-state index contributed by atoms with van der Waals surface area (Å²) >= 11 is 0. The van der Waals surface area contributed by atoms with Gasteiger partial charge in [-0.25, -0.2) is 0 Å². The summed E-state index contributed by atoms with van der Waals surface area (Å²) in [6.45, 7) is 4.89. The molecular weight excluding hydrogens is 310 g/mol. The molecule has 0 radical (unpaired) electrons. The van der Waals surface area contributed by atoms with Crippen molar-refractivity contribution >= 4 is 5.96 Å². The van der Waals surface area contributed by atoms with E-state index >= 15 is 0 Å². The van der Waals surface area contributed by atoms with E-state index in [2.05, 4.69) is 59.6 Å². The molecule has 4 heteroatoms. The zero-order valence-electron chi connectivity index (χ0n) is 15.0. The molecule has 2 aliphatic heterocycles. The first-order valence-electron chi connectivity index (χ1n) is 8.99. The number of ether oxygens (including phenoxy) is 1. The molecule has 2 aromatic rings. The second-order valence-corrected chi connectivity index (χ2v) is 6.96. The maximum absolute atomic E-state index is 5.46. The van der Waals surface area contributed by atoms with Gasteiger partial charge in [0.25, 0.3) is 0 Å². The molecule has 4 rings (SSSR count). The number of nitrogens with zero attached hydrogens (tertiary/aromatic N) is 2. The molecule has 0 aliphatic carbocycles. The fourth-order valence-electron chi connectivity index (χ4n) is 3.79. The number of rotatable bonds is 3. The van der Waals surface area contributed by atoms with Crippen LogP contribution in [0.4, 0.5) is 0 Å². The van der Waals surface area contributed by atoms with Gasteiger partial charge in [0.1, 0.15) is 5.75 Å². The molecule has 1 unspecified atom stereocenters. The first-order valence-corrected chi connectivity index (χ1v) is 8.99. The largest absolute Gasteiger partial charge is 0.496 e. The monoisotopic (exact) mass is 335 g/mol. The number of hydrogen-bond acceptors (Lipinski definition) is 4. The van der Waals surface area contributed by atoms with Crippen LogP contribution in [-0.2, 0) is 19.4 Å². The average molecular weight is 335 g/mol. The van der Waals surface area contributed by atoms with E-state index in [1.54, 1.807) is 7.11 Å². The molecule has 25 heavy (non-hydrogen) atoms.